The third-order valence-electron chi connectivity index (χ3n) is 3.74. The second-order valence-corrected chi connectivity index (χ2v) is 5.88. The van der Waals surface area contributed by atoms with Gasteiger partial charge in [-0.3, -0.25) is 10.1 Å². The zero-order valence-electron chi connectivity index (χ0n) is 11.3. The molecule has 0 unspecified atom stereocenters. The van der Waals surface area contributed by atoms with Crippen LogP contribution >= 0.6 is 11.6 Å². The van der Waals surface area contributed by atoms with Gasteiger partial charge in [0.1, 0.15) is 0 Å². The first-order valence-electron chi connectivity index (χ1n) is 6.80. The van der Waals surface area contributed by atoms with Gasteiger partial charge in [0, 0.05) is 16.6 Å². The normalized spacial score (nSPS) is 17.9. The molecular formula is C14H19ClN2O3. The van der Waals surface area contributed by atoms with Gasteiger partial charge in [0.05, 0.1) is 23.7 Å². The Morgan fingerprint density at radius 2 is 2.05 bits per heavy atom. The van der Waals surface area contributed by atoms with Crippen LogP contribution in [0.4, 0.5) is 5.69 Å². The van der Waals surface area contributed by atoms with E-state index in [4.69, 9.17) is 22.1 Å². The Kier molecular flexibility index (Phi) is 4.96. The van der Waals surface area contributed by atoms with E-state index < -0.39 is 4.92 Å². The lowest BCUT2D eigenvalue weighted by Gasteiger charge is -2.32. The third kappa shape index (κ3) is 3.91. The molecule has 0 atom stereocenters. The van der Waals surface area contributed by atoms with Crippen molar-refractivity contribution in [1.82, 2.24) is 0 Å². The highest BCUT2D eigenvalue weighted by atomic mass is 35.5. The topological polar surface area (TPSA) is 78.4 Å². The Morgan fingerprint density at radius 3 is 2.70 bits per heavy atom. The molecule has 0 heterocycles. The largest absolute Gasteiger partial charge is 0.375 e. The van der Waals surface area contributed by atoms with E-state index in [2.05, 4.69) is 0 Å². The Bertz CT molecular complexity index is 487. The van der Waals surface area contributed by atoms with Gasteiger partial charge in [-0.2, -0.15) is 0 Å². The van der Waals surface area contributed by atoms with Gasteiger partial charge in [-0.05, 0) is 25.0 Å². The Labute approximate surface area is 123 Å². The first kappa shape index (κ1) is 15.2. The number of nitro benzene ring substituents is 1. The first-order valence-corrected chi connectivity index (χ1v) is 7.17. The van der Waals surface area contributed by atoms with Crippen molar-refractivity contribution in [3.8, 4) is 0 Å². The van der Waals surface area contributed by atoms with Crippen LogP contribution in [0.25, 0.3) is 0 Å². The number of halogens is 1. The maximum Gasteiger partial charge on any atom is 0.276 e. The van der Waals surface area contributed by atoms with Crippen molar-refractivity contribution in [3.05, 3.63) is 38.9 Å². The van der Waals surface area contributed by atoms with E-state index in [-0.39, 0.29) is 17.8 Å². The third-order valence-corrected chi connectivity index (χ3v) is 3.98. The summed E-state index contributed by atoms with van der Waals surface area (Å²) in [6.45, 7) is 0.624. The van der Waals surface area contributed by atoms with Crippen LogP contribution in [0.15, 0.2) is 18.2 Å². The van der Waals surface area contributed by atoms with Crippen LogP contribution in [-0.2, 0) is 11.3 Å². The predicted molar refractivity (Wildman–Crippen MR) is 77.8 cm³/mol. The molecule has 0 saturated heterocycles. The van der Waals surface area contributed by atoms with Crippen molar-refractivity contribution in [2.75, 3.05) is 6.61 Å². The van der Waals surface area contributed by atoms with E-state index in [1.807, 2.05) is 0 Å². The summed E-state index contributed by atoms with van der Waals surface area (Å²) in [7, 11) is 0. The number of nitro groups is 1. The van der Waals surface area contributed by atoms with Crippen molar-refractivity contribution < 1.29 is 9.66 Å². The van der Waals surface area contributed by atoms with Gasteiger partial charge >= 0.3 is 0 Å². The highest BCUT2D eigenvalue weighted by Gasteiger charge is 2.27. The lowest BCUT2D eigenvalue weighted by Crippen LogP contribution is -2.46. The molecule has 0 aromatic heterocycles. The minimum Gasteiger partial charge on any atom is -0.375 e. The smallest absolute Gasteiger partial charge is 0.276 e. The molecule has 1 saturated carbocycles. The number of rotatable bonds is 5. The number of nitrogens with zero attached hydrogens (tertiary/aromatic N) is 1. The van der Waals surface area contributed by atoms with Crippen LogP contribution in [0, 0.1) is 10.1 Å². The van der Waals surface area contributed by atoms with Crippen LogP contribution in [-0.4, -0.2) is 17.1 Å². The lowest BCUT2D eigenvalue weighted by molar-refractivity contribution is -0.386. The average molecular weight is 299 g/mol. The Hall–Kier alpha value is -1.17. The summed E-state index contributed by atoms with van der Waals surface area (Å²) in [6.07, 6.45) is 5.38. The summed E-state index contributed by atoms with van der Waals surface area (Å²) in [5.74, 6) is 0. The van der Waals surface area contributed by atoms with Crippen LogP contribution in [0.3, 0.4) is 0 Å². The predicted octanol–water partition coefficient (Wildman–Crippen LogP) is 3.43. The van der Waals surface area contributed by atoms with Crippen molar-refractivity contribution >= 4 is 17.3 Å². The van der Waals surface area contributed by atoms with Gasteiger partial charge in [-0.1, -0.05) is 30.9 Å². The van der Waals surface area contributed by atoms with E-state index in [0.29, 0.717) is 17.2 Å². The van der Waals surface area contributed by atoms with E-state index in [1.54, 1.807) is 12.1 Å². The standard InChI is InChI=1S/C14H19ClN2O3/c15-12-5-4-11(13(8-12)17(18)19)9-20-10-14(16)6-2-1-3-7-14/h4-5,8H,1-3,6-7,9-10,16H2. The minimum absolute atomic E-state index is 0.00721. The molecule has 1 aromatic carbocycles. The molecule has 5 nitrogen and oxygen atoms in total. The van der Waals surface area contributed by atoms with Crippen LogP contribution in [0.5, 0.6) is 0 Å². The fraction of sp³-hybridized carbons (Fsp3) is 0.571. The molecule has 6 heteroatoms. The molecule has 2 N–H and O–H groups in total. The summed E-state index contributed by atoms with van der Waals surface area (Å²) in [5.41, 5.74) is 6.51. The number of ether oxygens (including phenoxy) is 1. The fourth-order valence-electron chi connectivity index (χ4n) is 2.59. The monoisotopic (exact) mass is 298 g/mol. The van der Waals surface area contributed by atoms with E-state index in [0.717, 1.165) is 25.7 Å². The van der Waals surface area contributed by atoms with Gasteiger partial charge in [0.2, 0.25) is 0 Å². The van der Waals surface area contributed by atoms with Crippen molar-refractivity contribution in [3.63, 3.8) is 0 Å². The second kappa shape index (κ2) is 6.52. The molecule has 0 spiro atoms. The Morgan fingerprint density at radius 1 is 1.35 bits per heavy atom. The zero-order chi connectivity index (χ0) is 14.6. The lowest BCUT2D eigenvalue weighted by atomic mass is 9.83. The molecule has 0 aliphatic heterocycles. The van der Waals surface area contributed by atoms with E-state index in [9.17, 15) is 10.1 Å². The SMILES string of the molecule is NC1(COCc2ccc(Cl)cc2[N+](=O)[O-])CCCCC1. The average Bonchev–Trinajstić information content (AvgIpc) is 2.41. The number of hydrogen-bond donors (Lipinski definition) is 1. The first-order chi connectivity index (χ1) is 9.50. The van der Waals surface area contributed by atoms with Crippen molar-refractivity contribution in [2.45, 2.75) is 44.2 Å². The molecular weight excluding hydrogens is 280 g/mol. The van der Waals surface area contributed by atoms with Crippen LogP contribution in [0.2, 0.25) is 5.02 Å². The van der Waals surface area contributed by atoms with Gasteiger partial charge in [0.15, 0.2) is 0 Å². The Balaban J connectivity index is 1.95. The summed E-state index contributed by atoms with van der Waals surface area (Å²) in [4.78, 5) is 10.5. The molecule has 2 rings (SSSR count). The molecule has 0 bridgehead atoms. The highest BCUT2D eigenvalue weighted by molar-refractivity contribution is 6.30. The summed E-state index contributed by atoms with van der Waals surface area (Å²) < 4.78 is 5.62. The van der Waals surface area contributed by atoms with Gasteiger partial charge in [-0.25, -0.2) is 0 Å². The quantitative estimate of drug-likeness (QED) is 0.667. The molecule has 0 amide bonds. The fourth-order valence-corrected chi connectivity index (χ4v) is 2.76. The number of nitrogens with two attached hydrogens (primary N) is 1. The highest BCUT2D eigenvalue weighted by Crippen LogP contribution is 2.28. The molecule has 110 valence electrons. The second-order valence-electron chi connectivity index (χ2n) is 5.45. The molecule has 1 aliphatic carbocycles. The van der Waals surface area contributed by atoms with Crippen molar-refractivity contribution in [2.24, 2.45) is 5.73 Å². The van der Waals surface area contributed by atoms with E-state index in [1.165, 1.54) is 12.5 Å². The molecule has 1 aliphatic rings. The van der Waals surface area contributed by atoms with Gasteiger partial charge in [0.25, 0.3) is 5.69 Å². The van der Waals surface area contributed by atoms with Gasteiger partial charge < -0.3 is 10.5 Å². The van der Waals surface area contributed by atoms with Gasteiger partial charge in [-0.15, -0.1) is 0 Å². The minimum atomic E-state index is -0.441. The number of benzene rings is 1. The van der Waals surface area contributed by atoms with Crippen LogP contribution in [0.1, 0.15) is 37.7 Å². The zero-order valence-corrected chi connectivity index (χ0v) is 12.1. The molecule has 1 fully saturated rings. The summed E-state index contributed by atoms with van der Waals surface area (Å²) in [6, 6.07) is 4.61. The summed E-state index contributed by atoms with van der Waals surface area (Å²) in [5, 5.41) is 11.3. The maximum atomic E-state index is 11.0. The molecule has 0 radical (unpaired) electrons. The van der Waals surface area contributed by atoms with E-state index >= 15 is 0 Å². The molecule has 20 heavy (non-hydrogen) atoms. The van der Waals surface area contributed by atoms with Crippen LogP contribution < -0.4 is 5.73 Å². The molecule has 1 aromatic rings. The van der Waals surface area contributed by atoms with Crippen molar-refractivity contribution in [1.29, 1.82) is 0 Å². The maximum absolute atomic E-state index is 11.0. The number of hydrogen-bond acceptors (Lipinski definition) is 4. The summed E-state index contributed by atoms with van der Waals surface area (Å²) >= 11 is 5.77.